The number of rotatable bonds is 4. The van der Waals surface area contributed by atoms with E-state index in [1.165, 1.54) is 0 Å². The van der Waals surface area contributed by atoms with E-state index in [0.29, 0.717) is 24.8 Å². The molecule has 0 radical (unpaired) electrons. The van der Waals surface area contributed by atoms with Crippen molar-refractivity contribution in [1.29, 1.82) is 0 Å². The smallest absolute Gasteiger partial charge is 0.214 e. The van der Waals surface area contributed by atoms with Crippen LogP contribution in [0.15, 0.2) is 0 Å². The van der Waals surface area contributed by atoms with Crippen LogP contribution in [0.25, 0.3) is 0 Å². The van der Waals surface area contributed by atoms with Crippen molar-refractivity contribution in [3.05, 3.63) is 0 Å². The second-order valence-electron chi connectivity index (χ2n) is 4.42. The monoisotopic (exact) mass is 219 g/mol. The van der Waals surface area contributed by atoms with Gasteiger partial charge in [-0.2, -0.15) is 0 Å². The van der Waals surface area contributed by atoms with Gasteiger partial charge in [-0.3, -0.25) is 0 Å². The molecule has 2 aliphatic rings. The van der Waals surface area contributed by atoms with Crippen LogP contribution in [0.1, 0.15) is 19.3 Å². The molecule has 82 valence electrons. The summed E-state index contributed by atoms with van der Waals surface area (Å²) < 4.78 is 25.1. The Hall–Kier alpha value is -0.130. The van der Waals surface area contributed by atoms with Crippen molar-refractivity contribution in [3.8, 4) is 0 Å². The Labute approximate surface area is 85.0 Å². The van der Waals surface area contributed by atoms with Gasteiger partial charge >= 0.3 is 0 Å². The first-order chi connectivity index (χ1) is 6.62. The summed E-state index contributed by atoms with van der Waals surface area (Å²) in [5, 5.41) is 8.92. The summed E-state index contributed by atoms with van der Waals surface area (Å²) in [5.41, 5.74) is 0. The maximum atomic E-state index is 11.8. The normalized spacial score (nSPS) is 29.6. The number of aliphatic hydroxyl groups excluding tert-OH is 1. The van der Waals surface area contributed by atoms with Crippen LogP contribution in [-0.2, 0) is 10.0 Å². The van der Waals surface area contributed by atoms with E-state index in [9.17, 15) is 8.42 Å². The van der Waals surface area contributed by atoms with Gasteiger partial charge in [0, 0.05) is 19.7 Å². The number of hydrogen-bond acceptors (Lipinski definition) is 3. The Balaban J connectivity index is 1.93. The molecule has 2 fully saturated rings. The van der Waals surface area contributed by atoms with E-state index in [-0.39, 0.29) is 12.5 Å². The molecule has 1 aliphatic carbocycles. The van der Waals surface area contributed by atoms with Crippen molar-refractivity contribution in [2.45, 2.75) is 19.3 Å². The standard InChI is InChI=1S/C9H17NO3S/c11-6-9-3-4-10(5-9)14(12,13)7-8-1-2-8/h8-9,11H,1-7H2. The van der Waals surface area contributed by atoms with E-state index in [2.05, 4.69) is 0 Å². The van der Waals surface area contributed by atoms with Gasteiger partial charge < -0.3 is 5.11 Å². The van der Waals surface area contributed by atoms with Gasteiger partial charge in [0.2, 0.25) is 10.0 Å². The van der Waals surface area contributed by atoms with Crippen LogP contribution in [0.2, 0.25) is 0 Å². The van der Waals surface area contributed by atoms with Gasteiger partial charge in [-0.1, -0.05) is 0 Å². The number of sulfonamides is 1. The zero-order chi connectivity index (χ0) is 10.2. The molecular formula is C9H17NO3S. The fourth-order valence-corrected chi connectivity index (χ4v) is 3.85. The summed E-state index contributed by atoms with van der Waals surface area (Å²) in [7, 11) is -3.02. The van der Waals surface area contributed by atoms with Crippen molar-refractivity contribution in [2.75, 3.05) is 25.4 Å². The van der Waals surface area contributed by atoms with E-state index in [1.54, 1.807) is 4.31 Å². The second-order valence-corrected chi connectivity index (χ2v) is 6.43. The van der Waals surface area contributed by atoms with Gasteiger partial charge in [0.15, 0.2) is 0 Å². The lowest BCUT2D eigenvalue weighted by Crippen LogP contribution is -2.32. The Morgan fingerprint density at radius 3 is 2.43 bits per heavy atom. The number of hydrogen-bond donors (Lipinski definition) is 1. The van der Waals surface area contributed by atoms with Gasteiger partial charge in [0.25, 0.3) is 0 Å². The largest absolute Gasteiger partial charge is 0.396 e. The lowest BCUT2D eigenvalue weighted by molar-refractivity contribution is 0.233. The van der Waals surface area contributed by atoms with Gasteiger partial charge in [0.1, 0.15) is 0 Å². The maximum absolute atomic E-state index is 11.8. The number of nitrogens with zero attached hydrogens (tertiary/aromatic N) is 1. The van der Waals surface area contributed by atoms with Crippen LogP contribution in [0.5, 0.6) is 0 Å². The molecule has 0 amide bonds. The molecule has 1 aliphatic heterocycles. The zero-order valence-electron chi connectivity index (χ0n) is 8.22. The minimum Gasteiger partial charge on any atom is -0.396 e. The van der Waals surface area contributed by atoms with Crippen LogP contribution >= 0.6 is 0 Å². The summed E-state index contributed by atoms with van der Waals surface area (Å²) in [6.45, 7) is 1.22. The SMILES string of the molecule is O=S(=O)(CC1CC1)N1CCC(CO)C1. The Kier molecular flexibility index (Phi) is 2.81. The lowest BCUT2D eigenvalue weighted by atomic mass is 10.1. The molecule has 5 heteroatoms. The third-order valence-corrected chi connectivity index (χ3v) is 5.05. The van der Waals surface area contributed by atoms with Crippen molar-refractivity contribution in [2.24, 2.45) is 11.8 Å². The summed E-state index contributed by atoms with van der Waals surface area (Å²) in [4.78, 5) is 0. The van der Waals surface area contributed by atoms with E-state index >= 15 is 0 Å². The van der Waals surface area contributed by atoms with Crippen LogP contribution < -0.4 is 0 Å². The summed E-state index contributed by atoms with van der Waals surface area (Å²) >= 11 is 0. The Morgan fingerprint density at radius 1 is 1.21 bits per heavy atom. The van der Waals surface area contributed by atoms with Crippen LogP contribution in [-0.4, -0.2) is 43.3 Å². The molecule has 1 unspecified atom stereocenters. The van der Waals surface area contributed by atoms with E-state index in [1.807, 2.05) is 0 Å². The predicted octanol–water partition coefficient (Wildman–Crippen LogP) is 0.0404. The van der Waals surface area contributed by atoms with Crippen LogP contribution in [0.4, 0.5) is 0 Å². The minimum absolute atomic E-state index is 0.107. The molecular weight excluding hydrogens is 202 g/mol. The molecule has 0 bridgehead atoms. The highest BCUT2D eigenvalue weighted by Crippen LogP contribution is 2.32. The highest BCUT2D eigenvalue weighted by Gasteiger charge is 2.35. The van der Waals surface area contributed by atoms with E-state index < -0.39 is 10.0 Å². The molecule has 2 rings (SSSR count). The van der Waals surface area contributed by atoms with Gasteiger partial charge in [-0.15, -0.1) is 0 Å². The molecule has 1 heterocycles. The Bertz CT molecular complexity index is 297. The summed E-state index contributed by atoms with van der Waals surface area (Å²) in [5.74, 6) is 0.891. The highest BCUT2D eigenvalue weighted by molar-refractivity contribution is 7.89. The molecule has 0 aromatic rings. The van der Waals surface area contributed by atoms with Crippen LogP contribution in [0, 0.1) is 11.8 Å². The van der Waals surface area contributed by atoms with E-state index in [0.717, 1.165) is 19.3 Å². The lowest BCUT2D eigenvalue weighted by Gasteiger charge is -2.15. The third-order valence-electron chi connectivity index (χ3n) is 3.04. The Morgan fingerprint density at radius 2 is 1.93 bits per heavy atom. The average Bonchev–Trinajstić information content (AvgIpc) is 2.81. The molecule has 1 N–H and O–H groups in total. The van der Waals surface area contributed by atoms with Crippen LogP contribution in [0.3, 0.4) is 0 Å². The predicted molar refractivity (Wildman–Crippen MR) is 53.3 cm³/mol. The molecule has 0 spiro atoms. The highest BCUT2D eigenvalue weighted by atomic mass is 32.2. The maximum Gasteiger partial charge on any atom is 0.214 e. The first-order valence-electron chi connectivity index (χ1n) is 5.20. The van der Waals surface area contributed by atoms with Crippen molar-refractivity contribution >= 4 is 10.0 Å². The molecule has 1 atom stereocenters. The molecule has 1 saturated heterocycles. The molecule has 0 aromatic carbocycles. The average molecular weight is 219 g/mol. The molecule has 14 heavy (non-hydrogen) atoms. The first kappa shape index (κ1) is 10.4. The zero-order valence-corrected chi connectivity index (χ0v) is 9.04. The van der Waals surface area contributed by atoms with Gasteiger partial charge in [-0.25, -0.2) is 12.7 Å². The molecule has 0 aromatic heterocycles. The van der Waals surface area contributed by atoms with E-state index in [4.69, 9.17) is 5.11 Å². The second kappa shape index (κ2) is 3.79. The quantitative estimate of drug-likeness (QED) is 0.726. The minimum atomic E-state index is -3.02. The third kappa shape index (κ3) is 2.27. The van der Waals surface area contributed by atoms with Crippen molar-refractivity contribution < 1.29 is 13.5 Å². The summed E-state index contributed by atoms with van der Waals surface area (Å²) in [6.07, 6.45) is 2.94. The number of aliphatic hydroxyl groups is 1. The fourth-order valence-electron chi connectivity index (χ4n) is 1.89. The first-order valence-corrected chi connectivity index (χ1v) is 6.81. The fraction of sp³-hybridized carbons (Fsp3) is 1.00. The van der Waals surface area contributed by atoms with Crippen molar-refractivity contribution in [3.63, 3.8) is 0 Å². The molecule has 4 nitrogen and oxygen atoms in total. The van der Waals surface area contributed by atoms with Gasteiger partial charge in [-0.05, 0) is 31.1 Å². The van der Waals surface area contributed by atoms with Crippen molar-refractivity contribution in [1.82, 2.24) is 4.31 Å². The summed E-state index contributed by atoms with van der Waals surface area (Å²) in [6, 6.07) is 0. The topological polar surface area (TPSA) is 57.6 Å². The van der Waals surface area contributed by atoms with Gasteiger partial charge in [0.05, 0.1) is 5.75 Å². The molecule has 1 saturated carbocycles.